The first kappa shape index (κ1) is 14.9. The van der Waals surface area contributed by atoms with Crippen molar-refractivity contribution in [1.29, 1.82) is 0 Å². The van der Waals surface area contributed by atoms with Crippen molar-refractivity contribution in [1.82, 2.24) is 10.2 Å². The van der Waals surface area contributed by atoms with Crippen LogP contribution in [0.1, 0.15) is 25.3 Å². The van der Waals surface area contributed by atoms with Gasteiger partial charge >= 0.3 is 0 Å². The maximum absolute atomic E-state index is 12.2. The van der Waals surface area contributed by atoms with Crippen molar-refractivity contribution < 1.29 is 9.53 Å². The van der Waals surface area contributed by atoms with Gasteiger partial charge in [-0.1, -0.05) is 15.9 Å². The monoisotopic (exact) mass is 352 g/mol. The molecule has 2 aliphatic rings. The van der Waals surface area contributed by atoms with Gasteiger partial charge in [-0.15, -0.1) is 0 Å². The van der Waals surface area contributed by atoms with Gasteiger partial charge in [-0.05, 0) is 43.5 Å². The number of nitrogens with zero attached hydrogens (tertiary/aromatic N) is 1. The quantitative estimate of drug-likeness (QED) is 0.904. The lowest BCUT2D eigenvalue weighted by molar-refractivity contribution is -0.132. The van der Waals surface area contributed by atoms with E-state index in [4.69, 9.17) is 4.74 Å². The number of rotatable bonds is 4. The van der Waals surface area contributed by atoms with Crippen LogP contribution in [-0.4, -0.2) is 42.6 Å². The predicted octanol–water partition coefficient (Wildman–Crippen LogP) is 2.35. The van der Waals surface area contributed by atoms with Crippen LogP contribution in [0.4, 0.5) is 0 Å². The first-order chi connectivity index (χ1) is 10.1. The van der Waals surface area contributed by atoms with E-state index in [1.165, 1.54) is 5.56 Å². The second-order valence-corrected chi connectivity index (χ2v) is 6.77. The van der Waals surface area contributed by atoms with Gasteiger partial charge < -0.3 is 15.0 Å². The second kappa shape index (κ2) is 6.36. The number of benzene rings is 1. The van der Waals surface area contributed by atoms with Crippen molar-refractivity contribution in [3.63, 3.8) is 0 Å². The van der Waals surface area contributed by atoms with E-state index in [2.05, 4.69) is 27.3 Å². The zero-order valence-corrected chi connectivity index (χ0v) is 13.9. The van der Waals surface area contributed by atoms with Gasteiger partial charge in [-0.2, -0.15) is 0 Å². The summed E-state index contributed by atoms with van der Waals surface area (Å²) in [5.74, 6) is 1.18. The standard InChI is InChI=1S/C16H21BrN2O2/c1-11(16(20)19-6-2-3-7-19)18-10-14-9-12-8-13(17)4-5-15(12)21-14/h4-5,8,11,14,18H,2-3,6-7,9-10H2,1H3. The molecule has 0 spiro atoms. The topological polar surface area (TPSA) is 41.6 Å². The Labute approximate surface area is 134 Å². The molecule has 2 atom stereocenters. The molecule has 1 aromatic carbocycles. The molecule has 3 rings (SSSR count). The van der Waals surface area contributed by atoms with Crippen molar-refractivity contribution in [3.05, 3.63) is 28.2 Å². The molecule has 0 aliphatic carbocycles. The average Bonchev–Trinajstić information content (AvgIpc) is 3.12. The molecule has 5 heteroatoms. The molecule has 4 nitrogen and oxygen atoms in total. The van der Waals surface area contributed by atoms with Crippen LogP contribution in [0.3, 0.4) is 0 Å². The lowest BCUT2D eigenvalue weighted by Gasteiger charge is -2.22. The maximum atomic E-state index is 12.2. The van der Waals surface area contributed by atoms with Crippen molar-refractivity contribution >= 4 is 21.8 Å². The van der Waals surface area contributed by atoms with E-state index in [0.29, 0.717) is 6.54 Å². The lowest BCUT2D eigenvalue weighted by atomic mass is 10.1. The van der Waals surface area contributed by atoms with E-state index in [9.17, 15) is 4.79 Å². The van der Waals surface area contributed by atoms with Crippen LogP contribution in [0.15, 0.2) is 22.7 Å². The van der Waals surface area contributed by atoms with Crippen molar-refractivity contribution in [3.8, 4) is 5.75 Å². The SMILES string of the molecule is CC(NCC1Cc2cc(Br)ccc2O1)C(=O)N1CCCC1. The molecule has 0 radical (unpaired) electrons. The van der Waals surface area contributed by atoms with Crippen LogP contribution >= 0.6 is 15.9 Å². The fraction of sp³-hybridized carbons (Fsp3) is 0.562. The number of hydrogen-bond donors (Lipinski definition) is 1. The molecular weight excluding hydrogens is 332 g/mol. The summed E-state index contributed by atoms with van der Waals surface area (Å²) in [6.45, 7) is 4.46. The molecule has 1 saturated heterocycles. The molecule has 1 aromatic rings. The van der Waals surface area contributed by atoms with Crippen LogP contribution in [0.5, 0.6) is 5.75 Å². The number of halogens is 1. The molecule has 2 heterocycles. The highest BCUT2D eigenvalue weighted by molar-refractivity contribution is 9.10. The van der Waals surface area contributed by atoms with E-state index in [1.54, 1.807) is 0 Å². The minimum absolute atomic E-state index is 0.114. The predicted molar refractivity (Wildman–Crippen MR) is 85.5 cm³/mol. The molecule has 0 aromatic heterocycles. The zero-order valence-electron chi connectivity index (χ0n) is 12.3. The number of carbonyl (C=O) groups is 1. The van der Waals surface area contributed by atoms with Crippen LogP contribution in [0.2, 0.25) is 0 Å². The molecule has 2 unspecified atom stereocenters. The van der Waals surface area contributed by atoms with Crippen LogP contribution in [0, 0.1) is 0 Å². The van der Waals surface area contributed by atoms with Crippen molar-refractivity contribution in [2.75, 3.05) is 19.6 Å². The van der Waals surface area contributed by atoms with E-state index in [0.717, 1.165) is 42.6 Å². The summed E-state index contributed by atoms with van der Waals surface area (Å²) >= 11 is 3.48. The summed E-state index contributed by atoms with van der Waals surface area (Å²) in [4.78, 5) is 14.2. The van der Waals surface area contributed by atoms with E-state index >= 15 is 0 Å². The van der Waals surface area contributed by atoms with Gasteiger partial charge in [0.25, 0.3) is 0 Å². The highest BCUT2D eigenvalue weighted by Crippen LogP contribution is 2.30. The van der Waals surface area contributed by atoms with Crippen LogP contribution < -0.4 is 10.1 Å². The zero-order chi connectivity index (χ0) is 14.8. The summed E-state index contributed by atoms with van der Waals surface area (Å²) in [6, 6.07) is 5.96. The first-order valence-electron chi connectivity index (χ1n) is 7.61. The number of nitrogens with one attached hydrogen (secondary N) is 1. The van der Waals surface area contributed by atoms with Crippen LogP contribution in [-0.2, 0) is 11.2 Å². The van der Waals surface area contributed by atoms with E-state index < -0.39 is 0 Å². The minimum atomic E-state index is -0.137. The van der Waals surface area contributed by atoms with Gasteiger partial charge in [0, 0.05) is 30.5 Å². The average molecular weight is 353 g/mol. The number of carbonyl (C=O) groups excluding carboxylic acids is 1. The summed E-state index contributed by atoms with van der Waals surface area (Å²) in [5, 5.41) is 3.32. The number of ether oxygens (including phenoxy) is 1. The Balaban J connectivity index is 1.49. The Morgan fingerprint density at radius 3 is 3.00 bits per heavy atom. The number of hydrogen-bond acceptors (Lipinski definition) is 3. The second-order valence-electron chi connectivity index (χ2n) is 5.86. The van der Waals surface area contributed by atoms with E-state index in [1.807, 2.05) is 24.0 Å². The smallest absolute Gasteiger partial charge is 0.239 e. The Kier molecular flexibility index (Phi) is 4.50. The number of amides is 1. The fourth-order valence-electron chi connectivity index (χ4n) is 3.01. The molecule has 1 fully saturated rings. The van der Waals surface area contributed by atoms with Crippen molar-refractivity contribution in [2.45, 2.75) is 38.3 Å². The molecule has 1 N–H and O–H groups in total. The molecule has 0 bridgehead atoms. The number of likely N-dealkylation sites (tertiary alicyclic amines) is 1. The first-order valence-corrected chi connectivity index (χ1v) is 8.40. The highest BCUT2D eigenvalue weighted by Gasteiger charge is 2.26. The van der Waals surface area contributed by atoms with Gasteiger partial charge in [0.2, 0.25) is 5.91 Å². The molecule has 2 aliphatic heterocycles. The third-order valence-corrected chi connectivity index (χ3v) is 4.70. The third kappa shape index (κ3) is 3.40. The minimum Gasteiger partial charge on any atom is -0.488 e. The lowest BCUT2D eigenvalue weighted by Crippen LogP contribution is -2.46. The summed E-state index contributed by atoms with van der Waals surface area (Å²) < 4.78 is 6.99. The largest absolute Gasteiger partial charge is 0.488 e. The highest BCUT2D eigenvalue weighted by atomic mass is 79.9. The molecule has 0 saturated carbocycles. The van der Waals surface area contributed by atoms with Crippen molar-refractivity contribution in [2.24, 2.45) is 0 Å². The maximum Gasteiger partial charge on any atom is 0.239 e. The Hall–Kier alpha value is -1.07. The summed E-state index contributed by atoms with van der Waals surface area (Å²) in [7, 11) is 0. The third-order valence-electron chi connectivity index (χ3n) is 4.20. The fourth-order valence-corrected chi connectivity index (χ4v) is 3.42. The number of fused-ring (bicyclic) bond motifs is 1. The van der Waals surface area contributed by atoms with Gasteiger partial charge in [0.15, 0.2) is 0 Å². The molecule has 21 heavy (non-hydrogen) atoms. The molecule has 1 amide bonds. The van der Waals surface area contributed by atoms with Gasteiger partial charge in [0.1, 0.15) is 11.9 Å². The Morgan fingerprint density at radius 1 is 1.48 bits per heavy atom. The summed E-state index contributed by atoms with van der Waals surface area (Å²) in [6.07, 6.45) is 3.28. The van der Waals surface area contributed by atoms with Gasteiger partial charge in [-0.3, -0.25) is 4.79 Å². The normalized spacial score (nSPS) is 22.0. The van der Waals surface area contributed by atoms with Gasteiger partial charge in [0.05, 0.1) is 6.04 Å². The van der Waals surface area contributed by atoms with E-state index in [-0.39, 0.29) is 18.1 Å². The van der Waals surface area contributed by atoms with Crippen LogP contribution in [0.25, 0.3) is 0 Å². The summed E-state index contributed by atoms with van der Waals surface area (Å²) in [5.41, 5.74) is 1.23. The molecule has 114 valence electrons. The Bertz CT molecular complexity index is 529. The van der Waals surface area contributed by atoms with Gasteiger partial charge in [-0.25, -0.2) is 0 Å². The molecular formula is C16H21BrN2O2. The Morgan fingerprint density at radius 2 is 2.24 bits per heavy atom.